The van der Waals surface area contributed by atoms with E-state index in [1.807, 2.05) is 19.9 Å². The second-order valence-electron chi connectivity index (χ2n) is 5.79. The standard InChI is InChI=1S/C17H22N2O2/c1-12(2)14-9-16(13(3)17(20)10-14)19-7-8-21-15(11-19)5-4-6-18/h4-5,14-15H,1,7-11H2,2-3H3/b5-4+/t14?,15-/m1/s1. The number of carbonyl (C=O) groups excluding carboxylic acids is 1. The smallest absolute Gasteiger partial charge is 0.160 e. The summed E-state index contributed by atoms with van der Waals surface area (Å²) in [7, 11) is 0. The highest BCUT2D eigenvalue weighted by Gasteiger charge is 2.30. The largest absolute Gasteiger partial charge is 0.370 e. The molecule has 1 aliphatic carbocycles. The lowest BCUT2D eigenvalue weighted by atomic mass is 9.82. The third-order valence-corrected chi connectivity index (χ3v) is 4.28. The molecule has 4 heteroatoms. The maximum Gasteiger partial charge on any atom is 0.160 e. The van der Waals surface area contributed by atoms with E-state index in [1.54, 1.807) is 6.08 Å². The molecule has 0 aromatic heterocycles. The fourth-order valence-electron chi connectivity index (χ4n) is 2.90. The number of ketones is 1. The molecular formula is C17H22N2O2. The lowest BCUT2D eigenvalue weighted by molar-refractivity contribution is -0.117. The highest BCUT2D eigenvalue weighted by atomic mass is 16.5. The van der Waals surface area contributed by atoms with Gasteiger partial charge in [-0.15, -0.1) is 0 Å². The number of rotatable bonds is 3. The van der Waals surface area contributed by atoms with Crippen LogP contribution in [0.25, 0.3) is 0 Å². The lowest BCUT2D eigenvalue weighted by Gasteiger charge is -2.39. The average molecular weight is 286 g/mol. The zero-order chi connectivity index (χ0) is 15.4. The summed E-state index contributed by atoms with van der Waals surface area (Å²) in [5.74, 6) is 0.465. The first kappa shape index (κ1) is 15.5. The van der Waals surface area contributed by atoms with Crippen LogP contribution in [-0.4, -0.2) is 36.5 Å². The van der Waals surface area contributed by atoms with Gasteiger partial charge in [0.25, 0.3) is 0 Å². The van der Waals surface area contributed by atoms with Crippen molar-refractivity contribution in [2.75, 3.05) is 19.7 Å². The molecule has 1 aliphatic heterocycles. The first-order chi connectivity index (χ1) is 10.0. The van der Waals surface area contributed by atoms with Crippen LogP contribution in [0.2, 0.25) is 0 Å². The van der Waals surface area contributed by atoms with Gasteiger partial charge >= 0.3 is 0 Å². The Balaban J connectivity index is 2.17. The molecule has 1 fully saturated rings. The summed E-state index contributed by atoms with van der Waals surface area (Å²) in [5, 5.41) is 8.61. The van der Waals surface area contributed by atoms with Crippen molar-refractivity contribution in [2.45, 2.75) is 32.8 Å². The second kappa shape index (κ2) is 6.73. The topological polar surface area (TPSA) is 53.3 Å². The van der Waals surface area contributed by atoms with E-state index in [9.17, 15) is 4.79 Å². The van der Waals surface area contributed by atoms with Crippen molar-refractivity contribution in [1.82, 2.24) is 4.90 Å². The zero-order valence-corrected chi connectivity index (χ0v) is 12.8. The maximum atomic E-state index is 12.2. The highest BCUT2D eigenvalue weighted by Crippen LogP contribution is 2.33. The predicted molar refractivity (Wildman–Crippen MR) is 81.3 cm³/mol. The van der Waals surface area contributed by atoms with Gasteiger partial charge in [0.2, 0.25) is 0 Å². The number of morpholine rings is 1. The fraction of sp³-hybridized carbons (Fsp3) is 0.529. The van der Waals surface area contributed by atoms with Crippen molar-refractivity contribution in [3.8, 4) is 6.07 Å². The minimum Gasteiger partial charge on any atom is -0.370 e. The third-order valence-electron chi connectivity index (χ3n) is 4.28. The van der Waals surface area contributed by atoms with E-state index in [4.69, 9.17) is 10.00 Å². The molecule has 1 unspecified atom stereocenters. The quantitative estimate of drug-likeness (QED) is 0.591. The number of nitriles is 1. The number of carbonyl (C=O) groups is 1. The minimum absolute atomic E-state index is 0.0843. The molecule has 1 heterocycles. The fourth-order valence-corrected chi connectivity index (χ4v) is 2.90. The van der Waals surface area contributed by atoms with Gasteiger partial charge in [0, 0.05) is 36.9 Å². The molecule has 0 radical (unpaired) electrons. The Morgan fingerprint density at radius 3 is 2.95 bits per heavy atom. The minimum atomic E-state index is -0.0843. The summed E-state index contributed by atoms with van der Waals surface area (Å²) in [4.78, 5) is 14.4. The Labute approximate surface area is 126 Å². The van der Waals surface area contributed by atoms with E-state index >= 15 is 0 Å². The molecule has 0 spiro atoms. The van der Waals surface area contributed by atoms with E-state index in [-0.39, 0.29) is 17.8 Å². The molecule has 0 bridgehead atoms. The van der Waals surface area contributed by atoms with Crippen molar-refractivity contribution >= 4 is 5.78 Å². The van der Waals surface area contributed by atoms with Crippen LogP contribution >= 0.6 is 0 Å². The second-order valence-corrected chi connectivity index (χ2v) is 5.79. The van der Waals surface area contributed by atoms with E-state index < -0.39 is 0 Å². The van der Waals surface area contributed by atoms with Crippen molar-refractivity contribution in [1.29, 1.82) is 5.26 Å². The summed E-state index contributed by atoms with van der Waals surface area (Å²) in [6.07, 6.45) is 4.61. The van der Waals surface area contributed by atoms with Gasteiger partial charge in [0.15, 0.2) is 5.78 Å². The van der Waals surface area contributed by atoms with Gasteiger partial charge in [-0.05, 0) is 32.3 Å². The number of ether oxygens (including phenoxy) is 1. The van der Waals surface area contributed by atoms with Crippen LogP contribution in [0, 0.1) is 17.2 Å². The lowest BCUT2D eigenvalue weighted by Crippen LogP contribution is -2.43. The number of hydrogen-bond donors (Lipinski definition) is 0. The molecule has 4 nitrogen and oxygen atoms in total. The number of nitrogens with zero attached hydrogens (tertiary/aromatic N) is 2. The van der Waals surface area contributed by atoms with Gasteiger partial charge < -0.3 is 9.64 Å². The third kappa shape index (κ3) is 3.62. The molecule has 1 saturated heterocycles. The van der Waals surface area contributed by atoms with Crippen LogP contribution in [-0.2, 0) is 9.53 Å². The van der Waals surface area contributed by atoms with Crippen molar-refractivity contribution in [3.63, 3.8) is 0 Å². The van der Waals surface area contributed by atoms with Crippen LogP contribution in [0.4, 0.5) is 0 Å². The Morgan fingerprint density at radius 2 is 2.29 bits per heavy atom. The van der Waals surface area contributed by atoms with E-state index in [1.165, 1.54) is 6.08 Å². The Bertz CT molecular complexity index is 539. The van der Waals surface area contributed by atoms with E-state index in [0.717, 1.165) is 29.8 Å². The molecule has 2 rings (SSSR count). The average Bonchev–Trinajstić information content (AvgIpc) is 2.47. The van der Waals surface area contributed by atoms with Crippen LogP contribution in [0.5, 0.6) is 0 Å². The number of allylic oxidation sites excluding steroid dienone is 4. The molecule has 0 aromatic carbocycles. The predicted octanol–water partition coefficient (Wildman–Crippen LogP) is 2.60. The summed E-state index contributed by atoms with van der Waals surface area (Å²) in [6.45, 7) is 10.0. The summed E-state index contributed by atoms with van der Waals surface area (Å²) in [5.41, 5.74) is 3.07. The van der Waals surface area contributed by atoms with Gasteiger partial charge in [0.1, 0.15) is 0 Å². The van der Waals surface area contributed by atoms with Crippen LogP contribution < -0.4 is 0 Å². The molecule has 2 atom stereocenters. The van der Waals surface area contributed by atoms with E-state index in [2.05, 4.69) is 11.5 Å². The molecule has 2 aliphatic rings. The Kier molecular flexibility index (Phi) is 4.98. The number of hydrogen-bond acceptors (Lipinski definition) is 4. The molecule has 21 heavy (non-hydrogen) atoms. The van der Waals surface area contributed by atoms with Crippen molar-refractivity contribution in [2.24, 2.45) is 5.92 Å². The summed E-state index contributed by atoms with van der Waals surface area (Å²) < 4.78 is 5.63. The Morgan fingerprint density at radius 1 is 1.52 bits per heavy atom. The van der Waals surface area contributed by atoms with Gasteiger partial charge in [-0.25, -0.2) is 0 Å². The maximum absolute atomic E-state index is 12.2. The van der Waals surface area contributed by atoms with Crippen LogP contribution in [0.1, 0.15) is 26.7 Å². The highest BCUT2D eigenvalue weighted by molar-refractivity contribution is 5.96. The molecular weight excluding hydrogens is 264 g/mol. The van der Waals surface area contributed by atoms with Gasteiger partial charge in [-0.1, -0.05) is 12.2 Å². The Hall–Kier alpha value is -1.86. The number of Topliss-reactive ketones (excluding diaryl/α,β-unsaturated/α-hetero) is 1. The van der Waals surface area contributed by atoms with Crippen molar-refractivity contribution in [3.05, 3.63) is 35.6 Å². The molecule has 0 aromatic rings. The van der Waals surface area contributed by atoms with Crippen LogP contribution in [0.3, 0.4) is 0 Å². The van der Waals surface area contributed by atoms with Crippen LogP contribution in [0.15, 0.2) is 35.6 Å². The van der Waals surface area contributed by atoms with E-state index in [0.29, 0.717) is 19.6 Å². The molecule has 112 valence electrons. The van der Waals surface area contributed by atoms with Gasteiger partial charge in [0.05, 0.1) is 18.8 Å². The van der Waals surface area contributed by atoms with Gasteiger partial charge in [-0.2, -0.15) is 5.26 Å². The summed E-state index contributed by atoms with van der Waals surface area (Å²) >= 11 is 0. The first-order valence-corrected chi connectivity index (χ1v) is 7.34. The van der Waals surface area contributed by atoms with Crippen molar-refractivity contribution < 1.29 is 9.53 Å². The normalized spacial score (nSPS) is 27.1. The molecule has 0 amide bonds. The monoisotopic (exact) mass is 286 g/mol. The SMILES string of the molecule is C=C(C)C1CC(=O)C(C)=C(N2CCO[C@H](/C=C/C#N)C2)C1. The summed E-state index contributed by atoms with van der Waals surface area (Å²) in [6, 6.07) is 1.99. The molecule has 0 saturated carbocycles. The first-order valence-electron chi connectivity index (χ1n) is 7.34. The molecule has 0 N–H and O–H groups in total. The van der Waals surface area contributed by atoms with Gasteiger partial charge in [-0.3, -0.25) is 4.79 Å². The zero-order valence-electron chi connectivity index (χ0n) is 12.8.